The molecule has 3 fully saturated rings. The maximum absolute atomic E-state index is 12.9. The molecule has 4 atom stereocenters. The predicted molar refractivity (Wildman–Crippen MR) is 75.7 cm³/mol. The molecular weight excluding hydrogens is 254 g/mol. The van der Waals surface area contributed by atoms with Gasteiger partial charge in [0.15, 0.2) is 0 Å². The Labute approximate surface area is 120 Å². The molecule has 112 valence electrons. The second kappa shape index (κ2) is 5.72. The Morgan fingerprint density at radius 3 is 2.60 bits per heavy atom. The minimum absolute atomic E-state index is 0.0824. The number of nitrogens with one attached hydrogen (secondary N) is 1. The topological polar surface area (TPSA) is 75.4 Å². The van der Waals surface area contributed by atoms with Gasteiger partial charge in [0.05, 0.1) is 6.54 Å². The van der Waals surface area contributed by atoms with Crippen molar-refractivity contribution in [3.63, 3.8) is 0 Å². The van der Waals surface area contributed by atoms with Crippen LogP contribution in [0.5, 0.6) is 0 Å². The Hall–Kier alpha value is -1.10. The number of carbonyl (C=O) groups is 2. The summed E-state index contributed by atoms with van der Waals surface area (Å²) in [4.78, 5) is 26.0. The fourth-order valence-corrected chi connectivity index (χ4v) is 4.41. The summed E-state index contributed by atoms with van der Waals surface area (Å²) in [5.41, 5.74) is 5.36. The molecule has 4 unspecified atom stereocenters. The third-order valence-corrected chi connectivity index (χ3v) is 5.38. The van der Waals surface area contributed by atoms with Crippen molar-refractivity contribution in [1.82, 2.24) is 10.2 Å². The third-order valence-electron chi connectivity index (χ3n) is 5.38. The normalized spacial score (nSPS) is 36.0. The Morgan fingerprint density at radius 2 is 2.05 bits per heavy atom. The quantitative estimate of drug-likeness (QED) is 0.786. The van der Waals surface area contributed by atoms with Crippen molar-refractivity contribution in [3.05, 3.63) is 0 Å². The van der Waals surface area contributed by atoms with Crippen molar-refractivity contribution in [2.75, 3.05) is 19.6 Å². The van der Waals surface area contributed by atoms with Crippen LogP contribution in [0.1, 0.15) is 38.5 Å². The highest BCUT2D eigenvalue weighted by Crippen LogP contribution is 2.49. The van der Waals surface area contributed by atoms with E-state index in [1.165, 1.54) is 19.3 Å². The highest BCUT2D eigenvalue weighted by molar-refractivity contribution is 5.86. The van der Waals surface area contributed by atoms with Gasteiger partial charge in [0.1, 0.15) is 0 Å². The Morgan fingerprint density at radius 1 is 1.20 bits per heavy atom. The zero-order valence-corrected chi connectivity index (χ0v) is 12.0. The lowest BCUT2D eigenvalue weighted by atomic mass is 9.87. The van der Waals surface area contributed by atoms with Gasteiger partial charge >= 0.3 is 0 Å². The van der Waals surface area contributed by atoms with Gasteiger partial charge in [-0.25, -0.2) is 0 Å². The fraction of sp³-hybridized carbons (Fsp3) is 0.867. The number of amides is 2. The number of carbonyl (C=O) groups excluding carboxylic acids is 2. The molecule has 0 aromatic heterocycles. The van der Waals surface area contributed by atoms with Gasteiger partial charge in [-0.2, -0.15) is 0 Å². The van der Waals surface area contributed by atoms with Crippen LogP contribution in [0.2, 0.25) is 0 Å². The van der Waals surface area contributed by atoms with E-state index >= 15 is 0 Å². The summed E-state index contributed by atoms with van der Waals surface area (Å²) in [5, 5.41) is 3.32. The van der Waals surface area contributed by atoms with Gasteiger partial charge in [-0.3, -0.25) is 9.59 Å². The Bertz CT molecular complexity index is 393. The number of piperidine rings is 1. The molecule has 0 aromatic carbocycles. The van der Waals surface area contributed by atoms with E-state index < -0.39 is 5.91 Å². The first-order valence-corrected chi connectivity index (χ1v) is 7.94. The molecule has 5 heteroatoms. The van der Waals surface area contributed by atoms with E-state index in [4.69, 9.17) is 5.73 Å². The van der Waals surface area contributed by atoms with Gasteiger partial charge in [0.25, 0.3) is 0 Å². The van der Waals surface area contributed by atoms with Crippen LogP contribution in [0, 0.1) is 17.8 Å². The average Bonchev–Trinajstić information content (AvgIpc) is 3.07. The van der Waals surface area contributed by atoms with E-state index in [2.05, 4.69) is 5.32 Å². The smallest absolute Gasteiger partial charge is 0.237 e. The van der Waals surface area contributed by atoms with Gasteiger partial charge in [-0.1, -0.05) is 6.42 Å². The summed E-state index contributed by atoms with van der Waals surface area (Å²) in [6.07, 6.45) is 6.75. The predicted octanol–water partition coefficient (Wildman–Crippen LogP) is 0.488. The molecule has 2 bridgehead atoms. The molecule has 3 rings (SSSR count). The molecule has 3 N–H and O–H groups in total. The molecule has 1 saturated heterocycles. The number of fused-ring (bicyclic) bond motifs is 2. The highest BCUT2D eigenvalue weighted by Gasteiger charge is 2.45. The summed E-state index contributed by atoms with van der Waals surface area (Å²) in [6, 6.07) is 0.142. The second-order valence-electron chi connectivity index (χ2n) is 6.71. The lowest BCUT2D eigenvalue weighted by molar-refractivity contribution is -0.143. The SMILES string of the molecule is NC(=O)CN(C(=O)C1CC2CCC1C2)C1CCCNC1. The molecule has 2 amide bonds. The van der Waals surface area contributed by atoms with Crippen molar-refractivity contribution < 1.29 is 9.59 Å². The second-order valence-corrected chi connectivity index (χ2v) is 6.71. The molecule has 5 nitrogen and oxygen atoms in total. The summed E-state index contributed by atoms with van der Waals surface area (Å²) >= 11 is 0. The Balaban J connectivity index is 1.70. The minimum atomic E-state index is -0.396. The first-order valence-electron chi connectivity index (χ1n) is 7.94. The lowest BCUT2D eigenvalue weighted by Crippen LogP contribution is -2.53. The van der Waals surface area contributed by atoms with Gasteiger partial charge in [0, 0.05) is 18.5 Å². The number of nitrogens with two attached hydrogens (primary N) is 1. The van der Waals surface area contributed by atoms with Gasteiger partial charge in [0.2, 0.25) is 11.8 Å². The Kier molecular flexibility index (Phi) is 3.96. The third kappa shape index (κ3) is 2.68. The molecule has 2 aliphatic carbocycles. The summed E-state index contributed by atoms with van der Waals surface area (Å²) in [7, 11) is 0. The fourth-order valence-electron chi connectivity index (χ4n) is 4.41. The van der Waals surface area contributed by atoms with E-state index in [1.807, 2.05) is 0 Å². The van der Waals surface area contributed by atoms with Crippen LogP contribution in [-0.2, 0) is 9.59 Å². The number of hydrogen-bond donors (Lipinski definition) is 2. The minimum Gasteiger partial charge on any atom is -0.368 e. The van der Waals surface area contributed by atoms with E-state index in [1.54, 1.807) is 4.90 Å². The van der Waals surface area contributed by atoms with Crippen molar-refractivity contribution in [1.29, 1.82) is 0 Å². The molecule has 20 heavy (non-hydrogen) atoms. The van der Waals surface area contributed by atoms with Crippen LogP contribution in [0.3, 0.4) is 0 Å². The number of nitrogens with zero attached hydrogens (tertiary/aromatic N) is 1. The van der Waals surface area contributed by atoms with Gasteiger partial charge in [-0.05, 0) is 50.5 Å². The standard InChI is InChI=1S/C15H25N3O2/c16-14(19)9-18(12-2-1-5-17-8-12)15(20)13-7-10-3-4-11(13)6-10/h10-13,17H,1-9H2,(H2,16,19). The zero-order chi connectivity index (χ0) is 14.1. The molecule has 1 aliphatic heterocycles. The monoisotopic (exact) mass is 279 g/mol. The van der Waals surface area contributed by atoms with Crippen molar-refractivity contribution >= 4 is 11.8 Å². The summed E-state index contributed by atoms with van der Waals surface area (Å²) < 4.78 is 0. The van der Waals surface area contributed by atoms with Crippen LogP contribution in [0.15, 0.2) is 0 Å². The van der Waals surface area contributed by atoms with Crippen LogP contribution < -0.4 is 11.1 Å². The van der Waals surface area contributed by atoms with E-state index in [0.717, 1.165) is 38.3 Å². The molecule has 0 aromatic rings. The van der Waals surface area contributed by atoms with Crippen molar-refractivity contribution in [3.8, 4) is 0 Å². The number of rotatable bonds is 4. The van der Waals surface area contributed by atoms with Crippen LogP contribution >= 0.6 is 0 Å². The molecular formula is C15H25N3O2. The highest BCUT2D eigenvalue weighted by atomic mass is 16.2. The van der Waals surface area contributed by atoms with Crippen molar-refractivity contribution in [2.45, 2.75) is 44.6 Å². The summed E-state index contributed by atoms with van der Waals surface area (Å²) in [6.45, 7) is 1.88. The maximum Gasteiger partial charge on any atom is 0.237 e. The van der Waals surface area contributed by atoms with E-state index in [-0.39, 0.29) is 24.4 Å². The number of primary amides is 1. The van der Waals surface area contributed by atoms with Crippen LogP contribution in [0.4, 0.5) is 0 Å². The molecule has 0 spiro atoms. The molecule has 3 aliphatic rings. The molecule has 0 radical (unpaired) electrons. The van der Waals surface area contributed by atoms with E-state index in [0.29, 0.717) is 5.92 Å². The number of hydrogen-bond acceptors (Lipinski definition) is 3. The average molecular weight is 279 g/mol. The largest absolute Gasteiger partial charge is 0.368 e. The van der Waals surface area contributed by atoms with E-state index in [9.17, 15) is 9.59 Å². The first kappa shape index (κ1) is 13.9. The lowest BCUT2D eigenvalue weighted by Gasteiger charge is -2.37. The molecule has 2 saturated carbocycles. The van der Waals surface area contributed by atoms with Crippen LogP contribution in [-0.4, -0.2) is 42.4 Å². The summed E-state index contributed by atoms with van der Waals surface area (Å²) in [5.74, 6) is 1.24. The van der Waals surface area contributed by atoms with Crippen molar-refractivity contribution in [2.24, 2.45) is 23.5 Å². The van der Waals surface area contributed by atoms with Gasteiger partial charge in [-0.15, -0.1) is 0 Å². The zero-order valence-electron chi connectivity index (χ0n) is 12.0. The first-order chi connectivity index (χ1) is 9.65. The van der Waals surface area contributed by atoms with Gasteiger partial charge < -0.3 is 16.0 Å². The van der Waals surface area contributed by atoms with Crippen LogP contribution in [0.25, 0.3) is 0 Å². The maximum atomic E-state index is 12.9. The molecule has 1 heterocycles.